The number of carboxylic acids is 1. The Labute approximate surface area is 224 Å². The van der Waals surface area contributed by atoms with Gasteiger partial charge in [-0.1, -0.05) is 30.3 Å². The Balaban J connectivity index is 0.000000673. The van der Waals surface area contributed by atoms with Crippen LogP contribution in [0.1, 0.15) is 24.0 Å². The van der Waals surface area contributed by atoms with Crippen molar-refractivity contribution in [3.8, 4) is 0 Å². The minimum absolute atomic E-state index is 0.0392. The number of hydrogen-bond acceptors (Lipinski definition) is 6. The number of carboxylic acid groups (broad SMARTS) is 1. The van der Waals surface area contributed by atoms with Gasteiger partial charge >= 0.3 is 12.1 Å². The number of aliphatic imine (C=N–C) groups is 1. The topological polar surface area (TPSA) is 119 Å². The summed E-state index contributed by atoms with van der Waals surface area (Å²) in [6.07, 6.45) is -3.72. The molecule has 0 atom stereocenters. The highest BCUT2D eigenvalue weighted by Crippen LogP contribution is 2.16. The SMILES string of the molecule is CN(CCc1ccc(C2=NCCN2)cc1)C(=O)CCCN(C)S(=O)(=O)c1cccc(F)c1.O=C(O)C(F)(F)F. The number of nitrogens with zero attached hydrogens (tertiary/aromatic N) is 3. The average molecular weight is 575 g/mol. The molecule has 0 bridgehead atoms. The van der Waals surface area contributed by atoms with E-state index in [0.29, 0.717) is 13.0 Å². The van der Waals surface area contributed by atoms with Crippen molar-refractivity contribution in [1.29, 1.82) is 0 Å². The van der Waals surface area contributed by atoms with Gasteiger partial charge in [0, 0.05) is 45.7 Å². The molecule has 9 nitrogen and oxygen atoms in total. The highest BCUT2D eigenvalue weighted by atomic mass is 32.2. The van der Waals surface area contributed by atoms with E-state index in [4.69, 9.17) is 9.90 Å². The van der Waals surface area contributed by atoms with E-state index in [0.717, 1.165) is 46.8 Å². The Morgan fingerprint density at radius 3 is 2.26 bits per heavy atom. The fraction of sp³-hybridized carbons (Fsp3) is 0.400. The molecule has 14 heteroatoms. The molecule has 1 amide bonds. The number of alkyl halides is 3. The minimum Gasteiger partial charge on any atom is -0.475 e. The number of likely N-dealkylation sites (N-methyl/N-ethyl adjacent to an activating group) is 1. The monoisotopic (exact) mass is 574 g/mol. The van der Waals surface area contributed by atoms with Crippen LogP contribution in [0, 0.1) is 5.82 Å². The second-order valence-electron chi connectivity index (χ2n) is 8.61. The molecule has 0 aromatic heterocycles. The highest BCUT2D eigenvalue weighted by molar-refractivity contribution is 7.89. The van der Waals surface area contributed by atoms with Gasteiger partial charge in [-0.3, -0.25) is 9.79 Å². The molecule has 39 heavy (non-hydrogen) atoms. The van der Waals surface area contributed by atoms with Gasteiger partial charge < -0.3 is 15.3 Å². The number of sulfonamides is 1. The molecule has 0 spiro atoms. The van der Waals surface area contributed by atoms with Crippen LogP contribution in [0.3, 0.4) is 0 Å². The number of aliphatic carboxylic acids is 1. The van der Waals surface area contributed by atoms with Crippen molar-refractivity contribution in [1.82, 2.24) is 14.5 Å². The van der Waals surface area contributed by atoms with Crippen LogP contribution < -0.4 is 5.32 Å². The standard InChI is InChI=1S/C23H29FN4O3S.C2HF3O2/c1-27(16-12-18-8-10-19(11-9-18)23-25-13-14-26-23)22(29)7-4-15-28(2)32(30,31)21-6-3-5-20(24)17-21;3-2(4,5)1(6)7/h3,5-6,8-11,17H,4,7,12-16H2,1-2H3,(H,25,26);(H,6,7). The lowest BCUT2D eigenvalue weighted by molar-refractivity contribution is -0.192. The third-order valence-electron chi connectivity index (χ3n) is 5.67. The van der Waals surface area contributed by atoms with Crippen LogP contribution in [0.4, 0.5) is 17.6 Å². The van der Waals surface area contributed by atoms with Crippen LogP contribution in [-0.4, -0.2) is 86.9 Å². The molecule has 2 N–H and O–H groups in total. The van der Waals surface area contributed by atoms with Crippen molar-refractivity contribution in [3.63, 3.8) is 0 Å². The Bertz CT molecular complexity index is 1270. The normalized spacial score (nSPS) is 13.3. The van der Waals surface area contributed by atoms with E-state index < -0.39 is 28.0 Å². The molecule has 0 unspecified atom stereocenters. The Morgan fingerprint density at radius 2 is 1.72 bits per heavy atom. The van der Waals surface area contributed by atoms with Gasteiger partial charge in [-0.2, -0.15) is 13.2 Å². The second-order valence-corrected chi connectivity index (χ2v) is 10.7. The smallest absolute Gasteiger partial charge is 0.475 e. The molecular weight excluding hydrogens is 544 g/mol. The fourth-order valence-electron chi connectivity index (χ4n) is 3.41. The van der Waals surface area contributed by atoms with Gasteiger partial charge in [-0.05, 0) is 36.6 Å². The van der Waals surface area contributed by atoms with Crippen molar-refractivity contribution >= 4 is 27.7 Å². The van der Waals surface area contributed by atoms with E-state index in [1.165, 1.54) is 25.2 Å². The van der Waals surface area contributed by atoms with E-state index in [1.54, 1.807) is 11.9 Å². The summed E-state index contributed by atoms with van der Waals surface area (Å²) in [4.78, 5) is 27.3. The number of rotatable bonds is 10. The molecule has 0 radical (unpaired) electrons. The van der Waals surface area contributed by atoms with E-state index in [-0.39, 0.29) is 23.8 Å². The maximum atomic E-state index is 13.4. The summed E-state index contributed by atoms with van der Waals surface area (Å²) in [6.45, 7) is 2.43. The van der Waals surface area contributed by atoms with Gasteiger partial charge in [-0.25, -0.2) is 21.9 Å². The lowest BCUT2D eigenvalue weighted by atomic mass is 10.1. The quantitative estimate of drug-likeness (QED) is 0.422. The van der Waals surface area contributed by atoms with Crippen molar-refractivity contribution in [2.75, 3.05) is 40.3 Å². The summed E-state index contributed by atoms with van der Waals surface area (Å²) in [5.74, 6) is -2.47. The molecule has 1 aliphatic heterocycles. The molecule has 0 fully saturated rings. The van der Waals surface area contributed by atoms with E-state index in [1.807, 2.05) is 24.3 Å². The molecule has 1 heterocycles. The van der Waals surface area contributed by atoms with Gasteiger partial charge in [0.1, 0.15) is 11.7 Å². The summed E-state index contributed by atoms with van der Waals surface area (Å²) in [7, 11) is -0.594. The maximum absolute atomic E-state index is 13.4. The van der Waals surface area contributed by atoms with Crippen molar-refractivity contribution in [2.24, 2.45) is 4.99 Å². The molecule has 214 valence electrons. The zero-order chi connectivity index (χ0) is 29.2. The number of amidine groups is 1. The van der Waals surface area contributed by atoms with Gasteiger partial charge in [0.2, 0.25) is 15.9 Å². The van der Waals surface area contributed by atoms with E-state index in [9.17, 15) is 30.8 Å². The fourth-order valence-corrected chi connectivity index (χ4v) is 4.65. The zero-order valence-electron chi connectivity index (χ0n) is 21.4. The van der Waals surface area contributed by atoms with Crippen LogP contribution in [0.5, 0.6) is 0 Å². The van der Waals surface area contributed by atoms with Crippen molar-refractivity contribution < 1.29 is 40.7 Å². The maximum Gasteiger partial charge on any atom is 0.490 e. The van der Waals surface area contributed by atoms with Gasteiger partial charge in [0.05, 0.1) is 11.4 Å². The molecular formula is C25H30F4N4O5S. The first-order valence-corrected chi connectivity index (χ1v) is 13.3. The predicted octanol–water partition coefficient (Wildman–Crippen LogP) is 2.91. The summed E-state index contributed by atoms with van der Waals surface area (Å²) < 4.78 is 71.3. The first kappa shape index (κ1) is 31.7. The molecule has 0 aliphatic carbocycles. The average Bonchev–Trinajstić information content (AvgIpc) is 3.42. The van der Waals surface area contributed by atoms with E-state index in [2.05, 4.69) is 10.3 Å². The largest absolute Gasteiger partial charge is 0.490 e. The molecule has 2 aromatic carbocycles. The first-order chi connectivity index (χ1) is 18.2. The van der Waals surface area contributed by atoms with Gasteiger partial charge in [-0.15, -0.1) is 0 Å². The summed E-state index contributed by atoms with van der Waals surface area (Å²) in [6, 6.07) is 13.1. The highest BCUT2D eigenvalue weighted by Gasteiger charge is 2.38. The molecule has 2 aromatic rings. The number of halogens is 4. The second kappa shape index (κ2) is 14.0. The lowest BCUT2D eigenvalue weighted by Crippen LogP contribution is -2.31. The van der Waals surface area contributed by atoms with Crippen LogP contribution >= 0.6 is 0 Å². The molecule has 1 aliphatic rings. The predicted molar refractivity (Wildman–Crippen MR) is 136 cm³/mol. The first-order valence-electron chi connectivity index (χ1n) is 11.9. The number of nitrogens with one attached hydrogen (secondary N) is 1. The van der Waals surface area contributed by atoms with Crippen LogP contribution in [0.15, 0.2) is 58.4 Å². The number of amides is 1. The van der Waals surface area contributed by atoms with Crippen LogP contribution in [0.2, 0.25) is 0 Å². The minimum atomic E-state index is -5.08. The molecule has 3 rings (SSSR count). The number of carbonyl (C=O) groups excluding carboxylic acids is 1. The number of carbonyl (C=O) groups is 2. The van der Waals surface area contributed by atoms with Gasteiger partial charge in [0.25, 0.3) is 0 Å². The summed E-state index contributed by atoms with van der Waals surface area (Å²) in [5.41, 5.74) is 2.20. The van der Waals surface area contributed by atoms with Crippen LogP contribution in [-0.2, 0) is 26.0 Å². The Morgan fingerprint density at radius 1 is 1.08 bits per heavy atom. The van der Waals surface area contributed by atoms with Gasteiger partial charge in [0.15, 0.2) is 0 Å². The van der Waals surface area contributed by atoms with E-state index >= 15 is 0 Å². The number of benzene rings is 2. The zero-order valence-corrected chi connectivity index (χ0v) is 22.2. The van der Waals surface area contributed by atoms with Crippen molar-refractivity contribution in [2.45, 2.75) is 30.3 Å². The van der Waals surface area contributed by atoms with Crippen molar-refractivity contribution in [3.05, 3.63) is 65.5 Å². The number of hydrogen-bond donors (Lipinski definition) is 2. The molecule has 0 saturated carbocycles. The lowest BCUT2D eigenvalue weighted by Gasteiger charge is -2.19. The summed E-state index contributed by atoms with van der Waals surface area (Å²) in [5, 5.41) is 10.4. The third-order valence-corrected chi connectivity index (χ3v) is 7.53. The Kier molecular flexibility index (Phi) is 11.4. The summed E-state index contributed by atoms with van der Waals surface area (Å²) >= 11 is 0. The van der Waals surface area contributed by atoms with Crippen LogP contribution in [0.25, 0.3) is 0 Å². The Hall–Kier alpha value is -3.52. The molecule has 0 saturated heterocycles. The third kappa shape index (κ3) is 9.94.